The highest BCUT2D eigenvalue weighted by Crippen LogP contribution is 2.31. The molecule has 0 N–H and O–H groups in total. The molecule has 0 aromatic heterocycles. The lowest BCUT2D eigenvalue weighted by Crippen LogP contribution is -2.38. The van der Waals surface area contributed by atoms with E-state index in [1.807, 2.05) is 32.5 Å². The molecule has 20 heavy (non-hydrogen) atoms. The van der Waals surface area contributed by atoms with E-state index < -0.39 is 40.7 Å². The van der Waals surface area contributed by atoms with Crippen molar-refractivity contribution in [1.29, 1.82) is 0 Å². The first-order chi connectivity index (χ1) is 9.18. The Morgan fingerprint density at radius 2 is 1.10 bits per heavy atom. The van der Waals surface area contributed by atoms with Crippen LogP contribution >= 0.6 is 11.6 Å². The molecule has 0 amide bonds. The van der Waals surface area contributed by atoms with Crippen LogP contribution in [0.15, 0.2) is 4.90 Å². The van der Waals surface area contributed by atoms with Crippen LogP contribution in [0, 0.1) is 29.1 Å². The summed E-state index contributed by atoms with van der Waals surface area (Å²) in [5, 5.41) is 0. The van der Waals surface area contributed by atoms with Gasteiger partial charge in [-0.15, -0.1) is 0 Å². The predicted molar refractivity (Wildman–Crippen MR) is 72.7 cm³/mol. The standard InChI is InChI=1S/C12H16BF5NS/c1-5(2)19(6(3)4)13-20-12-10(17)8(15)7(14)9(16)11(12)18/h5-6H,13H2,1-4H3/q-1. The molecule has 1 nitrogen and oxygen atoms in total. The second-order valence-electron chi connectivity index (χ2n) is 5.14. The molecule has 1 aromatic carbocycles. The Labute approximate surface area is 119 Å². The average molecular weight is 312 g/mol. The van der Waals surface area contributed by atoms with Crippen molar-refractivity contribution in [1.82, 2.24) is 4.81 Å². The van der Waals surface area contributed by atoms with Gasteiger partial charge in [0.15, 0.2) is 23.3 Å². The molecule has 0 unspecified atom stereocenters. The van der Waals surface area contributed by atoms with Gasteiger partial charge in [-0.3, -0.25) is 0 Å². The van der Waals surface area contributed by atoms with E-state index in [4.69, 9.17) is 0 Å². The van der Waals surface area contributed by atoms with Crippen LogP contribution in [0.1, 0.15) is 27.7 Å². The molecule has 0 atom stereocenters. The summed E-state index contributed by atoms with van der Waals surface area (Å²) in [6.07, 6.45) is 0. The normalized spacial score (nSPS) is 12.0. The van der Waals surface area contributed by atoms with Crippen LogP contribution in [0.2, 0.25) is 0 Å². The Bertz CT molecular complexity index is 458. The number of halogens is 5. The lowest BCUT2D eigenvalue weighted by molar-refractivity contribution is 0.317. The zero-order chi connectivity index (χ0) is 15.6. The molecule has 114 valence electrons. The average Bonchev–Trinajstić information content (AvgIpc) is 2.37. The van der Waals surface area contributed by atoms with Gasteiger partial charge in [-0.05, 0) is 12.1 Å². The summed E-state index contributed by atoms with van der Waals surface area (Å²) in [5.41, 5.74) is 0. The summed E-state index contributed by atoms with van der Waals surface area (Å²) in [6, 6.07) is 0.285. The van der Waals surface area contributed by atoms with Crippen molar-refractivity contribution < 1.29 is 22.0 Å². The Balaban J connectivity index is 3.05. The first kappa shape index (κ1) is 17.3. The third-order valence-electron chi connectivity index (χ3n) is 3.30. The quantitative estimate of drug-likeness (QED) is 0.354. The van der Waals surface area contributed by atoms with Gasteiger partial charge in [0.25, 0.3) is 0 Å². The summed E-state index contributed by atoms with van der Waals surface area (Å²) in [6.45, 7) is 6.57. The second kappa shape index (κ2) is 6.80. The van der Waals surface area contributed by atoms with E-state index >= 15 is 0 Å². The van der Waals surface area contributed by atoms with Crippen LogP contribution in [0.4, 0.5) is 22.0 Å². The second-order valence-corrected chi connectivity index (χ2v) is 6.32. The topological polar surface area (TPSA) is 3.24 Å². The van der Waals surface area contributed by atoms with Crippen molar-refractivity contribution in [2.75, 3.05) is 0 Å². The van der Waals surface area contributed by atoms with Crippen molar-refractivity contribution in [3.8, 4) is 0 Å². The van der Waals surface area contributed by atoms with Crippen molar-refractivity contribution in [2.45, 2.75) is 44.7 Å². The first-order valence-electron chi connectivity index (χ1n) is 6.33. The third kappa shape index (κ3) is 3.46. The molecule has 0 saturated carbocycles. The van der Waals surface area contributed by atoms with E-state index in [0.29, 0.717) is 0 Å². The highest BCUT2D eigenvalue weighted by atomic mass is 32.2. The van der Waals surface area contributed by atoms with Crippen molar-refractivity contribution in [2.24, 2.45) is 0 Å². The number of benzene rings is 1. The van der Waals surface area contributed by atoms with E-state index in [2.05, 4.69) is 0 Å². The Morgan fingerprint density at radius 1 is 0.750 bits per heavy atom. The summed E-state index contributed by atoms with van der Waals surface area (Å²) >= 11 is 0.730. The first-order valence-corrected chi connectivity index (χ1v) is 7.56. The van der Waals surface area contributed by atoms with Crippen LogP contribution in [0.25, 0.3) is 0 Å². The number of hydrogen-bond donors (Lipinski definition) is 0. The minimum atomic E-state index is -2.12. The number of hydrogen-bond acceptors (Lipinski definition) is 2. The van der Waals surface area contributed by atoms with E-state index in [1.54, 1.807) is 0 Å². The Kier molecular flexibility index (Phi) is 5.88. The van der Waals surface area contributed by atoms with Gasteiger partial charge in [-0.2, -0.15) is 0 Å². The molecule has 0 radical (unpaired) electrons. The van der Waals surface area contributed by atoms with Crippen LogP contribution in [0.5, 0.6) is 0 Å². The van der Waals surface area contributed by atoms with Crippen molar-refractivity contribution in [3.63, 3.8) is 0 Å². The van der Waals surface area contributed by atoms with Gasteiger partial charge < -0.3 is 16.4 Å². The zero-order valence-electron chi connectivity index (χ0n) is 11.9. The molecule has 0 fully saturated rings. The maximum atomic E-state index is 13.5. The predicted octanol–water partition coefficient (Wildman–Crippen LogP) is 3.59. The summed E-state index contributed by atoms with van der Waals surface area (Å²) < 4.78 is 66.1. The van der Waals surface area contributed by atoms with Gasteiger partial charge in [0.05, 0.1) is 6.69 Å². The molecule has 0 aliphatic carbocycles. The maximum absolute atomic E-state index is 13.5. The fourth-order valence-corrected chi connectivity index (χ4v) is 3.75. The summed E-state index contributed by atoms with van der Waals surface area (Å²) in [5.74, 6) is -9.39. The maximum Gasteiger partial charge on any atom is 0.200 e. The smallest absolute Gasteiger partial charge is 0.200 e. The number of rotatable bonds is 5. The zero-order valence-corrected chi connectivity index (χ0v) is 12.7. The van der Waals surface area contributed by atoms with Gasteiger partial charge in [-0.25, -0.2) is 22.0 Å². The molecular weight excluding hydrogens is 296 g/mol. The fraction of sp³-hybridized carbons (Fsp3) is 0.500. The van der Waals surface area contributed by atoms with Crippen LogP contribution in [0.3, 0.4) is 0 Å². The van der Waals surface area contributed by atoms with Gasteiger partial charge in [0.1, 0.15) is 0 Å². The molecule has 0 saturated heterocycles. The summed E-state index contributed by atoms with van der Waals surface area (Å²) in [7, 11) is 0. The Hall–Kier alpha value is -0.755. The van der Waals surface area contributed by atoms with Gasteiger partial charge in [0, 0.05) is 4.90 Å². The van der Waals surface area contributed by atoms with E-state index in [0.717, 1.165) is 11.6 Å². The monoisotopic (exact) mass is 312 g/mol. The SMILES string of the molecule is CC(C)N([BH2-]Sc1c(F)c(F)c(F)c(F)c1F)C(C)C. The van der Waals surface area contributed by atoms with Gasteiger partial charge in [0.2, 0.25) is 5.82 Å². The van der Waals surface area contributed by atoms with Crippen LogP contribution in [-0.2, 0) is 0 Å². The van der Waals surface area contributed by atoms with Crippen molar-refractivity contribution in [3.05, 3.63) is 29.1 Å². The molecule has 0 aliphatic heterocycles. The van der Waals surface area contributed by atoms with E-state index in [-0.39, 0.29) is 12.1 Å². The number of nitrogens with zero attached hydrogens (tertiary/aromatic N) is 1. The minimum Gasteiger partial charge on any atom is -0.466 e. The molecule has 1 rings (SSSR count). The molecule has 8 heteroatoms. The van der Waals surface area contributed by atoms with E-state index in [9.17, 15) is 22.0 Å². The van der Waals surface area contributed by atoms with Crippen LogP contribution < -0.4 is 0 Å². The highest BCUT2D eigenvalue weighted by Gasteiger charge is 2.24. The third-order valence-corrected chi connectivity index (χ3v) is 4.68. The molecular formula is C12H16BF5NS-. The minimum absolute atomic E-state index is 0.142. The highest BCUT2D eigenvalue weighted by molar-refractivity contribution is 8.22. The van der Waals surface area contributed by atoms with Gasteiger partial charge >= 0.3 is 0 Å². The lowest BCUT2D eigenvalue weighted by Gasteiger charge is -2.38. The molecule has 0 spiro atoms. The van der Waals surface area contributed by atoms with Crippen LogP contribution in [-0.4, -0.2) is 23.6 Å². The Morgan fingerprint density at radius 3 is 1.45 bits per heavy atom. The molecule has 0 aliphatic rings. The molecule has 1 aromatic rings. The molecule has 0 heterocycles. The largest absolute Gasteiger partial charge is 0.466 e. The van der Waals surface area contributed by atoms with Crippen molar-refractivity contribution >= 4 is 18.3 Å². The van der Waals surface area contributed by atoms with Gasteiger partial charge in [-0.1, -0.05) is 27.7 Å². The molecule has 0 bridgehead atoms. The summed E-state index contributed by atoms with van der Waals surface area (Å²) in [4.78, 5) is 1.22. The fourth-order valence-electron chi connectivity index (χ4n) is 1.98. The lowest BCUT2D eigenvalue weighted by atomic mass is 10.1. The van der Waals surface area contributed by atoms with E-state index in [1.165, 1.54) is 0 Å².